The van der Waals surface area contributed by atoms with Crippen LogP contribution in [0, 0.1) is 0 Å². The number of alkyl halides is 1. The average molecular weight is 302 g/mol. The maximum atomic E-state index is 6.59. The number of nitrogens with zero attached hydrogens (tertiary/aromatic N) is 1. The molecule has 3 rings (SSSR count). The van der Waals surface area contributed by atoms with E-state index < -0.39 is 0 Å². The van der Waals surface area contributed by atoms with Crippen LogP contribution < -0.4 is 0 Å². The van der Waals surface area contributed by atoms with Crippen LogP contribution in [-0.2, 0) is 12.8 Å². The first-order valence-electron chi connectivity index (χ1n) is 6.83. The molecule has 102 valence electrons. The molecule has 0 aliphatic carbocycles. The number of rotatable bonds is 4. The van der Waals surface area contributed by atoms with Crippen molar-refractivity contribution in [2.75, 3.05) is 0 Å². The van der Waals surface area contributed by atoms with Crippen LogP contribution in [0.2, 0.25) is 0 Å². The van der Waals surface area contributed by atoms with E-state index in [1.165, 1.54) is 15.8 Å². The predicted molar refractivity (Wildman–Crippen MR) is 87.7 cm³/mol. The molecule has 2 heterocycles. The molecule has 0 fully saturated rings. The first-order chi connectivity index (χ1) is 9.78. The van der Waals surface area contributed by atoms with Crippen molar-refractivity contribution in [1.29, 1.82) is 0 Å². The number of thiophene rings is 1. The fourth-order valence-electron chi connectivity index (χ4n) is 2.41. The Balaban J connectivity index is 1.85. The largest absolute Gasteiger partial charge is 0.253 e. The molecule has 20 heavy (non-hydrogen) atoms. The summed E-state index contributed by atoms with van der Waals surface area (Å²) in [5, 5.41) is 3.31. The van der Waals surface area contributed by atoms with Crippen molar-refractivity contribution in [1.82, 2.24) is 4.98 Å². The highest BCUT2D eigenvalue weighted by molar-refractivity contribution is 7.10. The van der Waals surface area contributed by atoms with Crippen LogP contribution in [0.4, 0.5) is 0 Å². The second kappa shape index (κ2) is 5.94. The summed E-state index contributed by atoms with van der Waals surface area (Å²) in [6.45, 7) is 2.17. The first kappa shape index (κ1) is 13.6. The van der Waals surface area contributed by atoms with Crippen LogP contribution in [-0.4, -0.2) is 4.98 Å². The van der Waals surface area contributed by atoms with Crippen molar-refractivity contribution in [2.45, 2.75) is 25.1 Å². The highest BCUT2D eigenvalue weighted by atomic mass is 35.5. The number of halogens is 1. The highest BCUT2D eigenvalue weighted by Crippen LogP contribution is 2.32. The number of para-hydroxylation sites is 1. The van der Waals surface area contributed by atoms with Crippen LogP contribution in [0.1, 0.15) is 28.4 Å². The molecule has 3 aromatic rings. The monoisotopic (exact) mass is 301 g/mol. The van der Waals surface area contributed by atoms with E-state index in [4.69, 9.17) is 16.6 Å². The van der Waals surface area contributed by atoms with E-state index in [2.05, 4.69) is 36.6 Å². The molecule has 0 aliphatic heterocycles. The van der Waals surface area contributed by atoms with E-state index in [0.29, 0.717) is 0 Å². The van der Waals surface area contributed by atoms with Crippen molar-refractivity contribution in [3.8, 4) is 0 Å². The molecule has 1 atom stereocenters. The standard InChI is InChI=1S/C17H16ClNS/c1-2-12-9-10-20-17(12)15(18)11-14-8-7-13-5-3-4-6-16(13)19-14/h3-10,15H,2,11H2,1H3. The Hall–Kier alpha value is -1.38. The maximum absolute atomic E-state index is 6.59. The minimum Gasteiger partial charge on any atom is -0.253 e. The minimum atomic E-state index is 0.0126. The summed E-state index contributed by atoms with van der Waals surface area (Å²) in [6, 6.07) is 14.6. The Morgan fingerprint density at radius 3 is 2.85 bits per heavy atom. The number of aromatic nitrogens is 1. The smallest absolute Gasteiger partial charge is 0.0736 e. The minimum absolute atomic E-state index is 0.0126. The van der Waals surface area contributed by atoms with Crippen LogP contribution in [0.5, 0.6) is 0 Å². The van der Waals surface area contributed by atoms with Gasteiger partial charge in [0, 0.05) is 22.4 Å². The summed E-state index contributed by atoms with van der Waals surface area (Å²) in [4.78, 5) is 5.98. The van der Waals surface area contributed by atoms with Crippen LogP contribution in [0.15, 0.2) is 47.8 Å². The highest BCUT2D eigenvalue weighted by Gasteiger charge is 2.15. The van der Waals surface area contributed by atoms with Gasteiger partial charge in [-0.25, -0.2) is 0 Å². The van der Waals surface area contributed by atoms with Gasteiger partial charge in [0.1, 0.15) is 0 Å². The third-order valence-corrected chi connectivity index (χ3v) is 5.07. The molecule has 0 N–H and O–H groups in total. The average Bonchev–Trinajstić information content (AvgIpc) is 2.95. The number of benzene rings is 1. The molecule has 0 bridgehead atoms. The lowest BCUT2D eigenvalue weighted by Crippen LogP contribution is -1.99. The van der Waals surface area contributed by atoms with Gasteiger partial charge in [-0.3, -0.25) is 4.98 Å². The Morgan fingerprint density at radius 2 is 2.00 bits per heavy atom. The summed E-state index contributed by atoms with van der Waals surface area (Å²) in [5.74, 6) is 0. The quantitative estimate of drug-likeness (QED) is 0.589. The molecule has 0 aliphatic rings. The fraction of sp³-hybridized carbons (Fsp3) is 0.235. The maximum Gasteiger partial charge on any atom is 0.0736 e. The summed E-state index contributed by atoms with van der Waals surface area (Å²) in [7, 11) is 0. The van der Waals surface area contributed by atoms with Gasteiger partial charge in [-0.2, -0.15) is 0 Å². The Labute approximate surface area is 128 Å². The van der Waals surface area contributed by atoms with E-state index in [-0.39, 0.29) is 5.38 Å². The number of hydrogen-bond donors (Lipinski definition) is 0. The summed E-state index contributed by atoms with van der Waals surface area (Å²) >= 11 is 8.33. The molecule has 0 saturated carbocycles. The van der Waals surface area contributed by atoms with Gasteiger partial charge in [-0.1, -0.05) is 31.2 Å². The number of aryl methyl sites for hydroxylation is 1. The van der Waals surface area contributed by atoms with Crippen molar-refractivity contribution in [3.63, 3.8) is 0 Å². The van der Waals surface area contributed by atoms with Crippen molar-refractivity contribution in [3.05, 3.63) is 64.0 Å². The lowest BCUT2D eigenvalue weighted by Gasteiger charge is -2.10. The van der Waals surface area contributed by atoms with Crippen molar-refractivity contribution >= 4 is 33.8 Å². The summed E-state index contributed by atoms with van der Waals surface area (Å²) < 4.78 is 0. The van der Waals surface area contributed by atoms with Crippen LogP contribution in [0.3, 0.4) is 0 Å². The Morgan fingerprint density at radius 1 is 1.15 bits per heavy atom. The summed E-state index contributed by atoms with van der Waals surface area (Å²) in [5.41, 5.74) is 3.45. The summed E-state index contributed by atoms with van der Waals surface area (Å²) in [6.07, 6.45) is 1.81. The second-order valence-corrected chi connectivity index (χ2v) is 6.31. The SMILES string of the molecule is CCc1ccsc1C(Cl)Cc1ccc2ccccc2n1. The molecule has 3 heteroatoms. The lowest BCUT2D eigenvalue weighted by atomic mass is 10.1. The first-order valence-corrected chi connectivity index (χ1v) is 8.14. The van der Waals surface area contributed by atoms with Crippen LogP contribution in [0.25, 0.3) is 10.9 Å². The zero-order chi connectivity index (χ0) is 13.9. The predicted octanol–water partition coefficient (Wildman–Crippen LogP) is 5.38. The van der Waals surface area contributed by atoms with Crippen LogP contribution >= 0.6 is 22.9 Å². The second-order valence-electron chi connectivity index (χ2n) is 4.83. The van der Waals surface area contributed by atoms with Gasteiger partial charge in [0.2, 0.25) is 0 Å². The molecule has 0 radical (unpaired) electrons. The molecule has 1 unspecified atom stereocenters. The zero-order valence-electron chi connectivity index (χ0n) is 11.3. The molecular formula is C17H16ClNS. The van der Waals surface area contributed by atoms with E-state index in [1.807, 2.05) is 18.2 Å². The van der Waals surface area contributed by atoms with Gasteiger partial charge >= 0.3 is 0 Å². The van der Waals surface area contributed by atoms with E-state index >= 15 is 0 Å². The van der Waals surface area contributed by atoms with E-state index in [9.17, 15) is 0 Å². The topological polar surface area (TPSA) is 12.9 Å². The number of pyridine rings is 1. The van der Waals surface area contributed by atoms with Gasteiger partial charge in [0.05, 0.1) is 10.9 Å². The molecule has 0 amide bonds. The van der Waals surface area contributed by atoms with Crippen molar-refractivity contribution < 1.29 is 0 Å². The fourth-order valence-corrected chi connectivity index (χ4v) is 3.84. The van der Waals surface area contributed by atoms with Gasteiger partial charge < -0.3 is 0 Å². The van der Waals surface area contributed by atoms with Gasteiger partial charge in [0.25, 0.3) is 0 Å². The van der Waals surface area contributed by atoms with Gasteiger partial charge in [-0.15, -0.1) is 22.9 Å². The number of fused-ring (bicyclic) bond motifs is 1. The molecule has 0 saturated heterocycles. The van der Waals surface area contributed by atoms with E-state index in [0.717, 1.165) is 24.1 Å². The normalized spacial score (nSPS) is 12.7. The zero-order valence-corrected chi connectivity index (χ0v) is 12.9. The van der Waals surface area contributed by atoms with Crippen molar-refractivity contribution in [2.24, 2.45) is 0 Å². The Kier molecular flexibility index (Phi) is 4.04. The third-order valence-electron chi connectivity index (χ3n) is 3.49. The lowest BCUT2D eigenvalue weighted by molar-refractivity contribution is 0.889. The molecule has 0 spiro atoms. The number of hydrogen-bond acceptors (Lipinski definition) is 2. The van der Waals surface area contributed by atoms with E-state index in [1.54, 1.807) is 11.3 Å². The Bertz CT molecular complexity index is 720. The molecule has 1 nitrogen and oxygen atoms in total. The molecule has 1 aromatic carbocycles. The van der Waals surface area contributed by atoms with Gasteiger partial charge in [0.15, 0.2) is 0 Å². The molecule has 2 aromatic heterocycles. The third kappa shape index (κ3) is 2.72. The van der Waals surface area contributed by atoms with Gasteiger partial charge in [-0.05, 0) is 35.6 Å². The molecular weight excluding hydrogens is 286 g/mol.